The molecule has 8 unspecified atom stereocenters. The predicted molar refractivity (Wildman–Crippen MR) is 171 cm³/mol. The van der Waals surface area contributed by atoms with Crippen LogP contribution in [0.4, 0.5) is 0 Å². The summed E-state index contributed by atoms with van der Waals surface area (Å²) in [4.78, 5) is 0. The van der Waals surface area contributed by atoms with Crippen molar-refractivity contribution in [3.05, 3.63) is 0 Å². The molecule has 0 aliphatic heterocycles. The van der Waals surface area contributed by atoms with Crippen molar-refractivity contribution < 1.29 is 10.2 Å². The first kappa shape index (κ1) is 35.1. The minimum Gasteiger partial charge on any atom is -0.396 e. The van der Waals surface area contributed by atoms with Crippen LogP contribution in [-0.4, -0.2) is 22.9 Å². The van der Waals surface area contributed by atoms with Gasteiger partial charge in [-0.2, -0.15) is 0 Å². The van der Waals surface area contributed by atoms with Gasteiger partial charge in [-0.25, -0.2) is 0 Å². The van der Waals surface area contributed by atoms with E-state index in [1.54, 1.807) is 51.4 Å². The van der Waals surface area contributed by atoms with Gasteiger partial charge >= 0.3 is 0 Å². The van der Waals surface area contributed by atoms with E-state index in [1.165, 1.54) is 32.1 Å². The molecule has 8 atom stereocenters. The average Bonchev–Trinajstić information content (AvgIpc) is 3.67. The number of rotatable bonds is 6. The van der Waals surface area contributed by atoms with E-state index in [0.29, 0.717) is 12.0 Å². The quantitative estimate of drug-likeness (QED) is 0.346. The summed E-state index contributed by atoms with van der Waals surface area (Å²) in [6, 6.07) is 0. The molecule has 5 aliphatic carbocycles. The van der Waals surface area contributed by atoms with Gasteiger partial charge in [0.1, 0.15) is 0 Å². The van der Waals surface area contributed by atoms with E-state index < -0.39 is 0 Å². The second kappa shape index (κ2) is 13.9. The number of hydrogen-bond donors (Lipinski definition) is 2. The highest BCUT2D eigenvalue weighted by Gasteiger charge is 2.59. The molecule has 5 saturated carbocycles. The maximum absolute atomic E-state index is 9.29. The largest absolute Gasteiger partial charge is 0.396 e. The van der Waals surface area contributed by atoms with Gasteiger partial charge in [0.05, 0.1) is 6.10 Å². The molecule has 5 fully saturated rings. The van der Waals surface area contributed by atoms with Crippen molar-refractivity contribution in [3.63, 3.8) is 0 Å². The normalized spacial score (nSPS) is 38.4. The predicted octanol–water partition coefficient (Wildman–Crippen LogP) is 10.7. The summed E-state index contributed by atoms with van der Waals surface area (Å²) in [7, 11) is 0. The maximum atomic E-state index is 9.29. The lowest BCUT2D eigenvalue weighted by Crippen LogP contribution is -2.52. The first-order valence-electron chi connectivity index (χ1n) is 17.1. The highest BCUT2D eigenvalue weighted by molar-refractivity contribution is 5.08. The highest BCUT2D eigenvalue weighted by atomic mass is 16.3. The molecule has 0 aromatic carbocycles. The topological polar surface area (TPSA) is 40.5 Å². The van der Waals surface area contributed by atoms with E-state index in [4.69, 9.17) is 5.11 Å². The monoisotopic (exact) mass is 549 g/mol. The van der Waals surface area contributed by atoms with Crippen LogP contribution in [-0.2, 0) is 0 Å². The van der Waals surface area contributed by atoms with E-state index in [-0.39, 0.29) is 24.4 Å². The van der Waals surface area contributed by atoms with Crippen molar-refractivity contribution in [2.75, 3.05) is 6.61 Å². The van der Waals surface area contributed by atoms with E-state index in [1.807, 2.05) is 6.92 Å². The molecule has 2 heteroatoms. The Labute approximate surface area is 245 Å². The fourth-order valence-corrected chi connectivity index (χ4v) is 10.00. The first-order valence-corrected chi connectivity index (χ1v) is 17.1. The van der Waals surface area contributed by atoms with Crippen LogP contribution in [0.2, 0.25) is 0 Å². The molecule has 5 rings (SSSR count). The second-order valence-electron chi connectivity index (χ2n) is 16.5. The molecule has 0 amide bonds. The van der Waals surface area contributed by atoms with Gasteiger partial charge in [0.25, 0.3) is 0 Å². The molecule has 0 aromatic rings. The highest BCUT2D eigenvalue weighted by Crippen LogP contribution is 2.67. The summed E-state index contributed by atoms with van der Waals surface area (Å²) in [6.07, 6.45) is 21.7. The number of aliphatic hydroxyl groups is 2. The van der Waals surface area contributed by atoms with Crippen molar-refractivity contribution >= 4 is 0 Å². The smallest absolute Gasteiger partial charge is 0.0565 e. The molecule has 0 heterocycles. The molecular formula is C37H72O2. The summed E-state index contributed by atoms with van der Waals surface area (Å²) in [5, 5.41) is 18.0. The van der Waals surface area contributed by atoms with Crippen molar-refractivity contribution in [2.24, 2.45) is 57.2 Å². The lowest BCUT2D eigenvalue weighted by molar-refractivity contribution is -0.110. The minimum absolute atomic E-state index is 0. The van der Waals surface area contributed by atoms with Gasteiger partial charge in [-0.05, 0) is 135 Å². The molecule has 0 bridgehead atoms. The second-order valence-corrected chi connectivity index (χ2v) is 16.5. The molecule has 232 valence electrons. The molecule has 39 heavy (non-hydrogen) atoms. The number of hydrogen-bond acceptors (Lipinski definition) is 2. The molecule has 5 aliphatic rings. The first-order chi connectivity index (χ1) is 17.8. The zero-order chi connectivity index (χ0) is 28.4. The third-order valence-electron chi connectivity index (χ3n) is 13.3. The summed E-state index contributed by atoms with van der Waals surface area (Å²) in [5.41, 5.74) is 1.76. The Morgan fingerprint density at radius 3 is 1.92 bits per heavy atom. The summed E-state index contributed by atoms with van der Waals surface area (Å²) >= 11 is 0. The Balaban J connectivity index is 0.000000248. The van der Waals surface area contributed by atoms with Crippen LogP contribution in [0, 0.1) is 57.2 Å². The third-order valence-corrected chi connectivity index (χ3v) is 13.3. The van der Waals surface area contributed by atoms with E-state index >= 15 is 0 Å². The van der Waals surface area contributed by atoms with Gasteiger partial charge in [-0.3, -0.25) is 0 Å². The Morgan fingerprint density at radius 1 is 0.795 bits per heavy atom. The Hall–Kier alpha value is -0.0800. The fourth-order valence-electron chi connectivity index (χ4n) is 10.00. The summed E-state index contributed by atoms with van der Waals surface area (Å²) < 4.78 is 0. The van der Waals surface area contributed by atoms with Gasteiger partial charge in [-0.1, -0.05) is 88.5 Å². The van der Waals surface area contributed by atoms with Crippen LogP contribution in [0.25, 0.3) is 0 Å². The third kappa shape index (κ3) is 7.66. The Kier molecular flexibility index (Phi) is 12.5. The molecule has 0 radical (unpaired) electrons. The zero-order valence-corrected chi connectivity index (χ0v) is 27.2. The van der Waals surface area contributed by atoms with Gasteiger partial charge in [0.2, 0.25) is 0 Å². The van der Waals surface area contributed by atoms with Crippen molar-refractivity contribution in [1.29, 1.82) is 0 Å². The summed E-state index contributed by atoms with van der Waals surface area (Å²) in [6.45, 7) is 20.6. The van der Waals surface area contributed by atoms with Gasteiger partial charge < -0.3 is 10.2 Å². The lowest BCUT2D eigenvalue weighted by Gasteiger charge is -2.60. The summed E-state index contributed by atoms with van der Waals surface area (Å²) in [5.74, 6) is 6.18. The standard InChI is InChI=1S/C21H36.C8H16O.C7H16O.CH4/c1-4-15-9-11-18-17-10-8-16-7-5-6-13-20(16,2)19(17)12-14-21(15,18)3;1-6(9)8(2,3)7-4-5-7;1-4-5-7(2,3)6-8;/h15-19H,4-14H2,1-3H3;6-7,9H,4-5H2,1-3H3;8H,4-6H2,1-3H3;1H4. The molecule has 2 N–H and O–H groups in total. The fraction of sp³-hybridized carbons (Fsp3) is 1.00. The molecule has 0 aromatic heterocycles. The van der Waals surface area contributed by atoms with Crippen molar-refractivity contribution in [3.8, 4) is 0 Å². The maximum Gasteiger partial charge on any atom is 0.0565 e. The Morgan fingerprint density at radius 2 is 1.44 bits per heavy atom. The molecule has 2 nitrogen and oxygen atoms in total. The van der Waals surface area contributed by atoms with Crippen LogP contribution in [0.1, 0.15) is 166 Å². The van der Waals surface area contributed by atoms with E-state index in [2.05, 4.69) is 55.4 Å². The van der Waals surface area contributed by atoms with Crippen molar-refractivity contribution in [1.82, 2.24) is 0 Å². The number of aliphatic hydroxyl groups excluding tert-OH is 2. The lowest BCUT2D eigenvalue weighted by atomic mass is 9.45. The van der Waals surface area contributed by atoms with E-state index in [0.717, 1.165) is 53.8 Å². The van der Waals surface area contributed by atoms with Gasteiger partial charge in [-0.15, -0.1) is 0 Å². The van der Waals surface area contributed by atoms with Crippen LogP contribution in [0.5, 0.6) is 0 Å². The number of fused-ring (bicyclic) bond motifs is 5. The van der Waals surface area contributed by atoms with Crippen LogP contribution < -0.4 is 0 Å². The van der Waals surface area contributed by atoms with Crippen LogP contribution in [0.15, 0.2) is 0 Å². The van der Waals surface area contributed by atoms with Crippen molar-refractivity contribution in [2.45, 2.75) is 172 Å². The Bertz CT molecular complexity index is 717. The minimum atomic E-state index is -0.148. The average molecular weight is 549 g/mol. The van der Waals surface area contributed by atoms with Crippen LogP contribution >= 0.6 is 0 Å². The SMILES string of the molecule is C.CC(O)C(C)(C)C1CC1.CCC1CCC2C3CCC4CCCCC4(C)C3CCC12C.CCCC(C)(C)CO. The van der Waals surface area contributed by atoms with E-state index in [9.17, 15) is 5.11 Å². The van der Waals surface area contributed by atoms with Crippen LogP contribution in [0.3, 0.4) is 0 Å². The molecular weight excluding hydrogens is 476 g/mol. The molecule has 0 spiro atoms. The molecule has 0 saturated heterocycles. The van der Waals surface area contributed by atoms with Gasteiger partial charge in [0, 0.05) is 6.61 Å². The zero-order valence-electron chi connectivity index (χ0n) is 27.2. The van der Waals surface area contributed by atoms with Gasteiger partial charge in [0.15, 0.2) is 0 Å².